The molecule has 2 aromatic carbocycles. The number of nitro benzene ring substituents is 1. The van der Waals surface area contributed by atoms with E-state index in [0.717, 1.165) is 0 Å². The second kappa shape index (κ2) is 7.32. The van der Waals surface area contributed by atoms with Crippen LogP contribution in [-0.4, -0.2) is 17.6 Å². The van der Waals surface area contributed by atoms with Crippen LogP contribution < -0.4 is 10.1 Å². The molecule has 1 amide bonds. The number of hydrogen-bond donors (Lipinski definition) is 1. The maximum Gasteiger partial charge on any atom is 0.270 e. The SMILES string of the molecule is Cc1ccc(NC(=O)/C=C/c2cc([N+](=O)[O-])cc3c2OCOC3)cc1F. The zero-order chi connectivity index (χ0) is 18.7. The van der Waals surface area contributed by atoms with Crippen LogP contribution in [-0.2, 0) is 16.1 Å². The molecule has 0 saturated heterocycles. The van der Waals surface area contributed by atoms with Crippen molar-refractivity contribution in [2.45, 2.75) is 13.5 Å². The highest BCUT2D eigenvalue weighted by molar-refractivity contribution is 6.02. The van der Waals surface area contributed by atoms with Gasteiger partial charge >= 0.3 is 0 Å². The van der Waals surface area contributed by atoms with Crippen LogP contribution in [0.2, 0.25) is 0 Å². The molecular weight excluding hydrogens is 343 g/mol. The third-order valence-electron chi connectivity index (χ3n) is 3.79. The monoisotopic (exact) mass is 358 g/mol. The van der Waals surface area contributed by atoms with Gasteiger partial charge in [0, 0.05) is 35.0 Å². The second-order valence-electron chi connectivity index (χ2n) is 5.68. The van der Waals surface area contributed by atoms with Gasteiger partial charge in [0.1, 0.15) is 11.6 Å². The molecule has 0 radical (unpaired) electrons. The smallest absolute Gasteiger partial charge is 0.270 e. The molecule has 7 nitrogen and oxygen atoms in total. The molecule has 1 aliphatic rings. The molecule has 1 aliphatic heterocycles. The lowest BCUT2D eigenvalue weighted by Crippen LogP contribution is -2.13. The lowest BCUT2D eigenvalue weighted by molar-refractivity contribution is -0.385. The van der Waals surface area contributed by atoms with Crippen LogP contribution in [0.3, 0.4) is 0 Å². The zero-order valence-electron chi connectivity index (χ0n) is 13.8. The Bertz CT molecular complexity index is 911. The van der Waals surface area contributed by atoms with Crippen LogP contribution in [0.1, 0.15) is 16.7 Å². The number of benzene rings is 2. The number of carbonyl (C=O) groups is 1. The molecule has 0 aliphatic carbocycles. The Labute approximate surface area is 148 Å². The van der Waals surface area contributed by atoms with Gasteiger partial charge in [0.2, 0.25) is 5.91 Å². The number of nitrogens with one attached hydrogen (secondary N) is 1. The number of nitrogens with zero attached hydrogens (tertiary/aromatic N) is 1. The quantitative estimate of drug-likeness (QED) is 0.513. The molecule has 8 heteroatoms. The molecule has 26 heavy (non-hydrogen) atoms. The summed E-state index contributed by atoms with van der Waals surface area (Å²) in [5.74, 6) is -0.485. The van der Waals surface area contributed by atoms with E-state index in [9.17, 15) is 19.3 Å². The van der Waals surface area contributed by atoms with Crippen molar-refractivity contribution in [1.82, 2.24) is 0 Å². The Morgan fingerprint density at radius 2 is 2.15 bits per heavy atom. The van der Waals surface area contributed by atoms with E-state index in [2.05, 4.69) is 5.32 Å². The first-order chi connectivity index (χ1) is 12.4. The number of nitro groups is 1. The van der Waals surface area contributed by atoms with E-state index in [1.807, 2.05) is 0 Å². The Hall–Kier alpha value is -3.26. The fourth-order valence-corrected chi connectivity index (χ4v) is 2.48. The van der Waals surface area contributed by atoms with Crippen molar-refractivity contribution in [2.24, 2.45) is 0 Å². The number of hydrogen-bond acceptors (Lipinski definition) is 5. The number of amides is 1. The van der Waals surface area contributed by atoms with E-state index in [-0.39, 0.29) is 19.1 Å². The van der Waals surface area contributed by atoms with Crippen molar-refractivity contribution in [1.29, 1.82) is 0 Å². The molecule has 0 aromatic heterocycles. The van der Waals surface area contributed by atoms with Gasteiger partial charge in [0.25, 0.3) is 5.69 Å². The zero-order valence-corrected chi connectivity index (χ0v) is 13.8. The fraction of sp³-hybridized carbons (Fsp3) is 0.167. The summed E-state index contributed by atoms with van der Waals surface area (Å²) < 4.78 is 24.0. The number of fused-ring (bicyclic) bond motifs is 1. The molecule has 2 aromatic rings. The van der Waals surface area contributed by atoms with Gasteiger partial charge < -0.3 is 14.8 Å². The molecule has 0 bridgehead atoms. The van der Waals surface area contributed by atoms with E-state index in [4.69, 9.17) is 9.47 Å². The molecule has 0 spiro atoms. The van der Waals surface area contributed by atoms with E-state index >= 15 is 0 Å². The molecule has 0 saturated carbocycles. The van der Waals surface area contributed by atoms with Crippen molar-refractivity contribution in [3.8, 4) is 5.75 Å². The van der Waals surface area contributed by atoms with Gasteiger partial charge in [-0.05, 0) is 30.7 Å². The van der Waals surface area contributed by atoms with Gasteiger partial charge in [-0.15, -0.1) is 0 Å². The molecule has 1 heterocycles. The van der Waals surface area contributed by atoms with Crippen LogP contribution in [0.15, 0.2) is 36.4 Å². The standard InChI is InChI=1S/C18H15FN2O5/c1-11-2-4-14(8-16(11)19)20-17(22)5-3-12-6-15(21(23)24)7-13-9-25-10-26-18(12)13/h2-8H,9-10H2,1H3,(H,20,22)/b5-3+. The molecule has 134 valence electrons. The minimum atomic E-state index is -0.526. The largest absolute Gasteiger partial charge is 0.467 e. The number of ether oxygens (including phenoxy) is 2. The van der Waals surface area contributed by atoms with Crippen LogP contribution >= 0.6 is 0 Å². The molecular formula is C18H15FN2O5. The predicted octanol–water partition coefficient (Wildman–Crippen LogP) is 3.56. The van der Waals surface area contributed by atoms with Crippen molar-refractivity contribution in [2.75, 3.05) is 12.1 Å². The molecule has 0 unspecified atom stereocenters. The summed E-state index contributed by atoms with van der Waals surface area (Å²) in [6, 6.07) is 7.05. The summed E-state index contributed by atoms with van der Waals surface area (Å²) in [5, 5.41) is 13.6. The highest BCUT2D eigenvalue weighted by atomic mass is 19.1. The number of rotatable bonds is 4. The van der Waals surface area contributed by atoms with Gasteiger partial charge in [0.15, 0.2) is 6.79 Å². The predicted molar refractivity (Wildman–Crippen MR) is 92.2 cm³/mol. The summed E-state index contributed by atoms with van der Waals surface area (Å²) in [7, 11) is 0. The number of halogens is 1. The molecule has 0 fully saturated rings. The van der Waals surface area contributed by atoms with Gasteiger partial charge in [0.05, 0.1) is 11.5 Å². The Balaban J connectivity index is 1.82. The Morgan fingerprint density at radius 3 is 2.88 bits per heavy atom. The molecule has 0 atom stereocenters. The normalized spacial score (nSPS) is 13.2. The van der Waals surface area contributed by atoms with Crippen molar-refractivity contribution < 1.29 is 23.6 Å². The topological polar surface area (TPSA) is 90.7 Å². The minimum absolute atomic E-state index is 0.0283. The maximum absolute atomic E-state index is 13.5. The summed E-state index contributed by atoms with van der Waals surface area (Å²) in [4.78, 5) is 22.6. The first-order valence-electron chi connectivity index (χ1n) is 7.71. The molecule has 3 rings (SSSR count). The molecule has 1 N–H and O–H groups in total. The van der Waals surface area contributed by atoms with Crippen LogP contribution in [0.25, 0.3) is 6.08 Å². The third kappa shape index (κ3) is 3.86. The lowest BCUT2D eigenvalue weighted by atomic mass is 10.1. The number of aryl methyl sites for hydroxylation is 1. The first kappa shape index (κ1) is 17.6. The van der Waals surface area contributed by atoms with Crippen molar-refractivity contribution in [3.63, 3.8) is 0 Å². The highest BCUT2D eigenvalue weighted by Crippen LogP contribution is 2.33. The average Bonchev–Trinajstić information content (AvgIpc) is 2.62. The Kier molecular flexibility index (Phi) is 4.94. The van der Waals surface area contributed by atoms with Crippen LogP contribution in [0.5, 0.6) is 5.75 Å². The fourth-order valence-electron chi connectivity index (χ4n) is 2.48. The number of carbonyl (C=O) groups excluding carboxylic acids is 1. The van der Waals surface area contributed by atoms with Crippen molar-refractivity contribution in [3.05, 3.63) is 69.0 Å². The maximum atomic E-state index is 13.5. The van der Waals surface area contributed by atoms with E-state index < -0.39 is 16.6 Å². The summed E-state index contributed by atoms with van der Waals surface area (Å²) in [5.41, 5.74) is 1.59. The lowest BCUT2D eigenvalue weighted by Gasteiger charge is -2.19. The van der Waals surface area contributed by atoms with Crippen LogP contribution in [0, 0.1) is 22.9 Å². The van der Waals surface area contributed by atoms with Gasteiger partial charge in [-0.2, -0.15) is 0 Å². The van der Waals surface area contributed by atoms with Crippen molar-refractivity contribution >= 4 is 23.4 Å². The number of anilines is 1. The van der Waals surface area contributed by atoms with Gasteiger partial charge in [-0.25, -0.2) is 4.39 Å². The first-order valence-corrected chi connectivity index (χ1v) is 7.71. The van der Waals surface area contributed by atoms with E-state index in [1.165, 1.54) is 30.4 Å². The van der Waals surface area contributed by atoms with Crippen LogP contribution in [0.4, 0.5) is 15.8 Å². The van der Waals surface area contributed by atoms with Gasteiger partial charge in [-0.1, -0.05) is 6.07 Å². The third-order valence-corrected chi connectivity index (χ3v) is 3.79. The summed E-state index contributed by atoms with van der Waals surface area (Å²) in [6.07, 6.45) is 2.62. The summed E-state index contributed by atoms with van der Waals surface area (Å²) >= 11 is 0. The highest BCUT2D eigenvalue weighted by Gasteiger charge is 2.19. The average molecular weight is 358 g/mol. The summed E-state index contributed by atoms with van der Waals surface area (Å²) in [6.45, 7) is 1.84. The minimum Gasteiger partial charge on any atom is -0.467 e. The van der Waals surface area contributed by atoms with Gasteiger partial charge in [-0.3, -0.25) is 14.9 Å². The Morgan fingerprint density at radius 1 is 1.35 bits per heavy atom. The number of non-ortho nitro benzene ring substituents is 1. The van der Waals surface area contributed by atoms with E-state index in [1.54, 1.807) is 19.1 Å². The second-order valence-corrected chi connectivity index (χ2v) is 5.68. The van der Waals surface area contributed by atoms with E-state index in [0.29, 0.717) is 28.1 Å².